The maximum Gasteiger partial charge on any atom is 0.236 e. The number of hydrogen-bond donors (Lipinski definition) is 1. The molecule has 106 valence electrons. The number of unbranched alkanes of at least 4 members (excludes halogenated alkanes) is 2. The van der Waals surface area contributed by atoms with Crippen LogP contribution < -0.4 is 0 Å². The molecule has 3 rings (SSSR count). The molecule has 1 aromatic carbocycles. The molecule has 5 nitrogen and oxygen atoms in total. The van der Waals surface area contributed by atoms with Crippen molar-refractivity contribution in [3.05, 3.63) is 24.3 Å². The van der Waals surface area contributed by atoms with E-state index in [-0.39, 0.29) is 6.61 Å². The van der Waals surface area contributed by atoms with Crippen LogP contribution in [0.5, 0.6) is 0 Å². The van der Waals surface area contributed by atoms with Crippen molar-refractivity contribution in [2.24, 2.45) is 7.05 Å². The quantitative estimate of drug-likeness (QED) is 0.560. The second-order valence-electron chi connectivity index (χ2n) is 4.80. The van der Waals surface area contributed by atoms with Crippen molar-refractivity contribution in [2.45, 2.75) is 24.4 Å². The van der Waals surface area contributed by atoms with Crippen molar-refractivity contribution >= 4 is 28.6 Å². The number of hydrogen-bond acceptors (Lipinski definition) is 4. The Morgan fingerprint density at radius 2 is 1.90 bits per heavy atom. The first kappa shape index (κ1) is 13.5. The van der Waals surface area contributed by atoms with E-state index < -0.39 is 0 Å². The number of aliphatic hydroxyl groups excluding tert-OH is 1. The molecule has 2 heterocycles. The average Bonchev–Trinajstić information content (AvgIpc) is 3.01. The van der Waals surface area contributed by atoms with Gasteiger partial charge in [-0.25, -0.2) is 0 Å². The Hall–Kier alpha value is -1.53. The molecule has 0 spiro atoms. The lowest BCUT2D eigenvalue weighted by atomic mass is 10.3. The number of rotatable bonds is 6. The molecule has 1 N–H and O–H groups in total. The van der Waals surface area contributed by atoms with Gasteiger partial charge in [0.15, 0.2) is 5.16 Å². The number of benzene rings is 1. The number of nitrogens with zero attached hydrogens (tertiary/aromatic N) is 4. The summed E-state index contributed by atoms with van der Waals surface area (Å²) in [5.41, 5.74) is 2.31. The van der Waals surface area contributed by atoms with Gasteiger partial charge in [0.25, 0.3) is 0 Å². The van der Waals surface area contributed by atoms with Crippen molar-refractivity contribution in [2.75, 3.05) is 12.4 Å². The summed E-state index contributed by atoms with van der Waals surface area (Å²) in [5.74, 6) is 1.88. The van der Waals surface area contributed by atoms with Crippen LogP contribution in [0.15, 0.2) is 29.4 Å². The Bertz CT molecular complexity index is 718. The highest BCUT2D eigenvalue weighted by Gasteiger charge is 2.14. The molecule has 6 heteroatoms. The second-order valence-corrected chi connectivity index (χ2v) is 5.86. The summed E-state index contributed by atoms with van der Waals surface area (Å²) >= 11 is 1.73. The molecule has 0 atom stereocenters. The van der Waals surface area contributed by atoms with E-state index in [1.807, 2.05) is 19.2 Å². The van der Waals surface area contributed by atoms with Gasteiger partial charge in [0.1, 0.15) is 0 Å². The van der Waals surface area contributed by atoms with E-state index in [0.717, 1.165) is 41.5 Å². The predicted octanol–water partition coefficient (Wildman–Crippen LogP) is 2.48. The Morgan fingerprint density at radius 3 is 2.70 bits per heavy atom. The number of imidazole rings is 1. The summed E-state index contributed by atoms with van der Waals surface area (Å²) in [6.45, 7) is 0.281. The molecule has 0 fully saturated rings. The fourth-order valence-corrected chi connectivity index (χ4v) is 3.32. The number of aryl methyl sites for hydroxylation is 1. The van der Waals surface area contributed by atoms with Crippen LogP contribution >= 0.6 is 11.8 Å². The van der Waals surface area contributed by atoms with Crippen molar-refractivity contribution in [1.82, 2.24) is 19.2 Å². The molecule has 3 aromatic rings. The molecule has 0 aliphatic heterocycles. The van der Waals surface area contributed by atoms with Gasteiger partial charge in [-0.2, -0.15) is 0 Å². The largest absolute Gasteiger partial charge is 0.396 e. The van der Waals surface area contributed by atoms with Gasteiger partial charge < -0.3 is 9.67 Å². The molecule has 2 aromatic heterocycles. The lowest BCUT2D eigenvalue weighted by Gasteiger charge is -1.99. The third kappa shape index (κ3) is 2.29. The lowest BCUT2D eigenvalue weighted by Crippen LogP contribution is -1.89. The fraction of sp³-hybridized carbons (Fsp3) is 0.429. The van der Waals surface area contributed by atoms with Gasteiger partial charge >= 0.3 is 0 Å². The van der Waals surface area contributed by atoms with E-state index in [1.54, 1.807) is 11.8 Å². The third-order valence-corrected chi connectivity index (χ3v) is 4.45. The molecule has 0 bridgehead atoms. The van der Waals surface area contributed by atoms with Gasteiger partial charge in [-0.3, -0.25) is 4.40 Å². The topological polar surface area (TPSA) is 55.4 Å². The summed E-state index contributed by atoms with van der Waals surface area (Å²) in [6, 6.07) is 8.27. The van der Waals surface area contributed by atoms with Gasteiger partial charge in [0.2, 0.25) is 5.78 Å². The van der Waals surface area contributed by atoms with Crippen molar-refractivity contribution in [1.29, 1.82) is 0 Å². The SMILES string of the molecule is Cn1c2ccccc2n2c(SCCCCCO)nnc12. The first-order chi connectivity index (χ1) is 9.83. The van der Waals surface area contributed by atoms with E-state index in [4.69, 9.17) is 5.11 Å². The monoisotopic (exact) mass is 290 g/mol. The van der Waals surface area contributed by atoms with Crippen molar-refractivity contribution < 1.29 is 5.11 Å². The minimum Gasteiger partial charge on any atom is -0.396 e. The molecule has 20 heavy (non-hydrogen) atoms. The van der Waals surface area contributed by atoms with Crippen LogP contribution in [0.2, 0.25) is 0 Å². The van der Waals surface area contributed by atoms with Crippen LogP contribution in [0.25, 0.3) is 16.8 Å². The summed E-state index contributed by atoms with van der Waals surface area (Å²) in [6.07, 6.45) is 3.02. The molecular weight excluding hydrogens is 272 g/mol. The number of thioether (sulfide) groups is 1. The van der Waals surface area contributed by atoms with Gasteiger partial charge in [-0.05, 0) is 25.0 Å². The summed E-state index contributed by atoms with van der Waals surface area (Å²) < 4.78 is 4.18. The maximum atomic E-state index is 8.78. The Morgan fingerprint density at radius 1 is 1.10 bits per heavy atom. The van der Waals surface area contributed by atoms with E-state index in [2.05, 4.69) is 31.3 Å². The number of aliphatic hydroxyl groups is 1. The second kappa shape index (κ2) is 5.85. The lowest BCUT2D eigenvalue weighted by molar-refractivity contribution is 0.284. The van der Waals surface area contributed by atoms with Crippen LogP contribution in [-0.4, -0.2) is 36.6 Å². The Labute approximate surface area is 121 Å². The van der Waals surface area contributed by atoms with E-state index >= 15 is 0 Å². The van der Waals surface area contributed by atoms with Gasteiger partial charge in [0, 0.05) is 19.4 Å². The van der Waals surface area contributed by atoms with Crippen molar-refractivity contribution in [3.63, 3.8) is 0 Å². The van der Waals surface area contributed by atoms with Gasteiger partial charge in [0.05, 0.1) is 11.0 Å². The highest BCUT2D eigenvalue weighted by Crippen LogP contribution is 2.25. The highest BCUT2D eigenvalue weighted by atomic mass is 32.2. The predicted molar refractivity (Wildman–Crippen MR) is 81.1 cm³/mol. The average molecular weight is 290 g/mol. The van der Waals surface area contributed by atoms with Gasteiger partial charge in [-0.15, -0.1) is 10.2 Å². The van der Waals surface area contributed by atoms with Crippen molar-refractivity contribution in [3.8, 4) is 0 Å². The number of aromatic nitrogens is 4. The minimum absolute atomic E-state index is 0.281. The molecule has 0 unspecified atom stereocenters. The fourth-order valence-electron chi connectivity index (χ4n) is 2.38. The Balaban J connectivity index is 1.87. The van der Waals surface area contributed by atoms with E-state index in [1.165, 1.54) is 5.52 Å². The summed E-state index contributed by atoms with van der Waals surface area (Å²) in [5, 5.41) is 18.3. The zero-order chi connectivity index (χ0) is 13.9. The van der Waals surface area contributed by atoms with Crippen LogP contribution in [0.3, 0.4) is 0 Å². The molecule has 0 amide bonds. The summed E-state index contributed by atoms with van der Waals surface area (Å²) in [7, 11) is 2.02. The first-order valence-corrected chi connectivity index (χ1v) is 7.83. The highest BCUT2D eigenvalue weighted by molar-refractivity contribution is 7.99. The molecule has 0 saturated carbocycles. The third-order valence-electron chi connectivity index (χ3n) is 3.43. The standard InChI is InChI=1S/C14H18N4OS/c1-17-11-7-3-4-8-12(11)18-13(17)15-16-14(18)20-10-6-2-5-9-19/h3-4,7-8,19H,2,5-6,9-10H2,1H3. The molecule has 0 saturated heterocycles. The Kier molecular flexibility index (Phi) is 3.93. The van der Waals surface area contributed by atoms with Crippen LogP contribution in [0.1, 0.15) is 19.3 Å². The minimum atomic E-state index is 0.281. The molecule has 0 aliphatic carbocycles. The molecular formula is C14H18N4OS. The smallest absolute Gasteiger partial charge is 0.236 e. The number of fused-ring (bicyclic) bond motifs is 3. The van der Waals surface area contributed by atoms with Crippen LogP contribution in [0.4, 0.5) is 0 Å². The van der Waals surface area contributed by atoms with E-state index in [9.17, 15) is 0 Å². The van der Waals surface area contributed by atoms with E-state index in [0.29, 0.717) is 0 Å². The van der Waals surface area contributed by atoms with Crippen LogP contribution in [-0.2, 0) is 7.05 Å². The maximum absolute atomic E-state index is 8.78. The number of para-hydroxylation sites is 2. The zero-order valence-electron chi connectivity index (χ0n) is 11.5. The van der Waals surface area contributed by atoms with Gasteiger partial charge in [-0.1, -0.05) is 30.3 Å². The molecule has 0 aliphatic rings. The normalized spacial score (nSPS) is 11.7. The first-order valence-electron chi connectivity index (χ1n) is 6.85. The zero-order valence-corrected chi connectivity index (χ0v) is 12.3. The molecule has 0 radical (unpaired) electrons. The summed E-state index contributed by atoms with van der Waals surface area (Å²) in [4.78, 5) is 0. The van der Waals surface area contributed by atoms with Crippen LogP contribution in [0, 0.1) is 0 Å².